The standard InChI is InChI=1S/C28H29ClN4O5S2/c1-18-8-11-21(15-24(18)29)30-26(34)16-25-27(35)33(17-19-9-12-22(38-4)13-10-19)28(39-25)31-20-6-5-7-23(14-20)40(36,37)32(2)3/h5-15,25H,16-17H2,1-4H3,(H,30,34). The normalized spacial score (nSPS) is 16.6. The number of hydrogen-bond acceptors (Lipinski definition) is 7. The van der Waals surface area contributed by atoms with Gasteiger partial charge in [0.05, 0.1) is 24.2 Å². The summed E-state index contributed by atoms with van der Waals surface area (Å²) in [7, 11) is 0.811. The largest absolute Gasteiger partial charge is 0.497 e. The van der Waals surface area contributed by atoms with Crippen LogP contribution in [-0.2, 0) is 26.2 Å². The van der Waals surface area contributed by atoms with Crippen LogP contribution < -0.4 is 10.1 Å². The average molecular weight is 601 g/mol. The van der Waals surface area contributed by atoms with Crippen LogP contribution in [0.15, 0.2) is 76.6 Å². The van der Waals surface area contributed by atoms with E-state index in [1.54, 1.807) is 49.6 Å². The average Bonchev–Trinajstić information content (AvgIpc) is 3.19. The maximum atomic E-state index is 13.5. The number of rotatable bonds is 9. The molecule has 1 unspecified atom stereocenters. The molecule has 3 aromatic carbocycles. The van der Waals surface area contributed by atoms with Gasteiger partial charge in [0.1, 0.15) is 11.0 Å². The van der Waals surface area contributed by atoms with E-state index in [-0.39, 0.29) is 29.7 Å². The van der Waals surface area contributed by atoms with Crippen molar-refractivity contribution in [1.82, 2.24) is 9.21 Å². The van der Waals surface area contributed by atoms with Crippen LogP contribution in [0, 0.1) is 6.92 Å². The molecule has 0 aromatic heterocycles. The Morgan fingerprint density at radius 1 is 1.12 bits per heavy atom. The van der Waals surface area contributed by atoms with Crippen LogP contribution in [0.2, 0.25) is 5.02 Å². The molecule has 4 rings (SSSR count). The molecule has 1 fully saturated rings. The second kappa shape index (κ2) is 12.4. The Hall–Kier alpha value is -3.38. The first-order valence-electron chi connectivity index (χ1n) is 12.3. The lowest BCUT2D eigenvalue weighted by atomic mass is 10.2. The molecule has 2 amide bonds. The minimum Gasteiger partial charge on any atom is -0.497 e. The maximum absolute atomic E-state index is 13.5. The zero-order chi connectivity index (χ0) is 29.0. The lowest BCUT2D eigenvalue weighted by Gasteiger charge is -2.17. The third-order valence-corrected chi connectivity index (χ3v) is 9.56. The van der Waals surface area contributed by atoms with Gasteiger partial charge in [0.15, 0.2) is 5.17 Å². The minimum absolute atomic E-state index is 0.0812. The van der Waals surface area contributed by atoms with Crippen LogP contribution in [0.4, 0.5) is 11.4 Å². The van der Waals surface area contributed by atoms with Gasteiger partial charge in [-0.25, -0.2) is 17.7 Å². The molecular weight excluding hydrogens is 572 g/mol. The first-order valence-corrected chi connectivity index (χ1v) is 15.0. The van der Waals surface area contributed by atoms with Gasteiger partial charge in [-0.1, -0.05) is 47.6 Å². The van der Waals surface area contributed by atoms with Crippen LogP contribution in [0.1, 0.15) is 17.5 Å². The van der Waals surface area contributed by atoms with Crippen LogP contribution in [0.5, 0.6) is 5.75 Å². The number of methoxy groups -OCH3 is 1. The van der Waals surface area contributed by atoms with E-state index in [0.29, 0.717) is 27.3 Å². The highest BCUT2D eigenvalue weighted by Crippen LogP contribution is 2.34. The van der Waals surface area contributed by atoms with E-state index in [2.05, 4.69) is 10.3 Å². The summed E-state index contributed by atoms with van der Waals surface area (Å²) in [5.74, 6) is 0.0775. The number of halogens is 1. The number of carbonyl (C=O) groups is 2. The number of nitrogens with one attached hydrogen (secondary N) is 1. The minimum atomic E-state index is -3.67. The third-order valence-electron chi connectivity index (χ3n) is 6.17. The molecule has 40 heavy (non-hydrogen) atoms. The van der Waals surface area contributed by atoms with Gasteiger partial charge >= 0.3 is 0 Å². The summed E-state index contributed by atoms with van der Waals surface area (Å²) in [6, 6.07) is 18.7. The Morgan fingerprint density at radius 2 is 1.85 bits per heavy atom. The molecule has 9 nitrogen and oxygen atoms in total. The number of anilines is 1. The van der Waals surface area contributed by atoms with Gasteiger partial charge < -0.3 is 10.1 Å². The van der Waals surface area contributed by atoms with Crippen molar-refractivity contribution in [2.24, 2.45) is 4.99 Å². The summed E-state index contributed by atoms with van der Waals surface area (Å²) in [5, 5.41) is 2.99. The molecule has 1 aliphatic heterocycles. The van der Waals surface area contributed by atoms with E-state index in [1.165, 1.54) is 42.9 Å². The van der Waals surface area contributed by atoms with Crippen molar-refractivity contribution in [3.8, 4) is 5.75 Å². The fourth-order valence-corrected chi connectivity index (χ4v) is 6.15. The highest BCUT2D eigenvalue weighted by molar-refractivity contribution is 8.15. The van der Waals surface area contributed by atoms with E-state index in [4.69, 9.17) is 16.3 Å². The van der Waals surface area contributed by atoms with E-state index in [9.17, 15) is 18.0 Å². The van der Waals surface area contributed by atoms with Gasteiger partial charge in [-0.15, -0.1) is 0 Å². The highest BCUT2D eigenvalue weighted by atomic mass is 35.5. The smallest absolute Gasteiger partial charge is 0.242 e. The van der Waals surface area contributed by atoms with E-state index in [1.807, 2.05) is 19.1 Å². The molecule has 12 heteroatoms. The van der Waals surface area contributed by atoms with Gasteiger partial charge in [-0.05, 0) is 60.5 Å². The van der Waals surface area contributed by atoms with Gasteiger partial charge in [0.2, 0.25) is 21.8 Å². The second-order valence-electron chi connectivity index (χ2n) is 9.27. The monoisotopic (exact) mass is 600 g/mol. The fourth-order valence-electron chi connectivity index (χ4n) is 3.87. The Kier molecular flexibility index (Phi) is 9.19. The number of ether oxygens (including phenoxy) is 1. The summed E-state index contributed by atoms with van der Waals surface area (Å²) in [6.45, 7) is 2.09. The van der Waals surface area contributed by atoms with Crippen molar-refractivity contribution in [2.75, 3.05) is 26.5 Å². The van der Waals surface area contributed by atoms with Gasteiger partial charge in [0, 0.05) is 31.2 Å². The van der Waals surface area contributed by atoms with E-state index < -0.39 is 15.3 Å². The van der Waals surface area contributed by atoms with Gasteiger partial charge in [0.25, 0.3) is 0 Å². The molecule has 1 atom stereocenters. The number of nitrogens with zero attached hydrogens (tertiary/aromatic N) is 3. The predicted octanol–water partition coefficient (Wildman–Crippen LogP) is 5.07. The van der Waals surface area contributed by atoms with Crippen molar-refractivity contribution in [1.29, 1.82) is 0 Å². The first kappa shape index (κ1) is 29.6. The van der Waals surface area contributed by atoms with Crippen molar-refractivity contribution in [3.05, 3.63) is 82.9 Å². The lowest BCUT2D eigenvalue weighted by Crippen LogP contribution is -2.33. The van der Waals surface area contributed by atoms with Crippen molar-refractivity contribution in [2.45, 2.75) is 30.0 Å². The molecule has 210 valence electrons. The molecule has 0 saturated carbocycles. The van der Waals surface area contributed by atoms with Crippen LogP contribution in [0.3, 0.4) is 0 Å². The summed E-state index contributed by atoms with van der Waals surface area (Å²) in [4.78, 5) is 32.6. The summed E-state index contributed by atoms with van der Waals surface area (Å²) < 4.78 is 31.6. The molecule has 1 saturated heterocycles. The Morgan fingerprint density at radius 3 is 2.50 bits per heavy atom. The first-order chi connectivity index (χ1) is 19.0. The Labute approximate surface area is 243 Å². The van der Waals surface area contributed by atoms with Crippen molar-refractivity contribution >= 4 is 61.7 Å². The summed E-state index contributed by atoms with van der Waals surface area (Å²) in [5.41, 5.74) is 2.64. The highest BCUT2D eigenvalue weighted by Gasteiger charge is 2.39. The number of carbonyl (C=O) groups excluding carboxylic acids is 2. The zero-order valence-electron chi connectivity index (χ0n) is 22.4. The Bertz CT molecular complexity index is 1560. The van der Waals surface area contributed by atoms with Crippen LogP contribution in [-0.4, -0.2) is 61.1 Å². The lowest BCUT2D eigenvalue weighted by molar-refractivity contribution is -0.128. The van der Waals surface area contributed by atoms with Crippen molar-refractivity contribution in [3.63, 3.8) is 0 Å². The van der Waals surface area contributed by atoms with Crippen molar-refractivity contribution < 1.29 is 22.7 Å². The predicted molar refractivity (Wildman–Crippen MR) is 159 cm³/mol. The number of amides is 2. The molecule has 1 N–H and O–H groups in total. The Balaban J connectivity index is 1.61. The molecule has 0 bridgehead atoms. The third kappa shape index (κ3) is 6.84. The number of aryl methyl sites for hydroxylation is 1. The number of sulfonamides is 1. The zero-order valence-corrected chi connectivity index (χ0v) is 24.8. The molecule has 0 radical (unpaired) electrons. The number of hydrogen-bond donors (Lipinski definition) is 1. The number of benzene rings is 3. The van der Waals surface area contributed by atoms with E-state index >= 15 is 0 Å². The SMILES string of the molecule is COc1ccc(CN2C(=O)C(CC(=O)Nc3ccc(C)c(Cl)c3)SC2=Nc2cccc(S(=O)(=O)N(C)C)c2)cc1. The number of thioether (sulfide) groups is 1. The summed E-state index contributed by atoms with van der Waals surface area (Å²) >= 11 is 7.35. The molecule has 0 aliphatic carbocycles. The van der Waals surface area contributed by atoms with Gasteiger partial charge in [-0.3, -0.25) is 14.5 Å². The quantitative estimate of drug-likeness (QED) is 0.367. The van der Waals surface area contributed by atoms with Crippen LogP contribution >= 0.6 is 23.4 Å². The molecule has 0 spiro atoms. The summed E-state index contributed by atoms with van der Waals surface area (Å²) in [6.07, 6.45) is -0.0812. The molecular formula is C28H29ClN4O5S2. The van der Waals surface area contributed by atoms with E-state index in [0.717, 1.165) is 15.4 Å². The fraction of sp³-hybridized carbons (Fsp3) is 0.250. The number of amidine groups is 1. The topological polar surface area (TPSA) is 108 Å². The number of aliphatic imine (C=N–C) groups is 1. The maximum Gasteiger partial charge on any atom is 0.242 e. The molecule has 1 aliphatic rings. The molecule has 3 aromatic rings. The molecule has 1 heterocycles. The van der Waals surface area contributed by atoms with Gasteiger partial charge in [-0.2, -0.15) is 0 Å². The second-order valence-corrected chi connectivity index (χ2v) is 13.0. The van der Waals surface area contributed by atoms with Crippen LogP contribution in [0.25, 0.3) is 0 Å².